The average Bonchev–Trinajstić information content (AvgIpc) is 2.18. The van der Waals surface area contributed by atoms with Crippen molar-refractivity contribution in [1.29, 1.82) is 0 Å². The summed E-state index contributed by atoms with van der Waals surface area (Å²) in [7, 11) is 0. The molecular formula is C12H12BrNO. The molecule has 0 aromatic heterocycles. The van der Waals surface area contributed by atoms with Gasteiger partial charge in [-0.1, -0.05) is 28.1 Å². The molecule has 0 radical (unpaired) electrons. The van der Waals surface area contributed by atoms with Crippen LogP contribution in [0.1, 0.15) is 24.5 Å². The van der Waals surface area contributed by atoms with Crippen LogP contribution in [0.2, 0.25) is 0 Å². The van der Waals surface area contributed by atoms with Gasteiger partial charge in [-0.3, -0.25) is 4.79 Å². The summed E-state index contributed by atoms with van der Waals surface area (Å²) in [6, 6.07) is 6.19. The van der Waals surface area contributed by atoms with Crippen LogP contribution in [0.15, 0.2) is 28.4 Å². The van der Waals surface area contributed by atoms with E-state index in [1.54, 1.807) is 0 Å². The fraction of sp³-hybridized carbons (Fsp3) is 0.250. The Hall–Kier alpha value is -1.09. The van der Waals surface area contributed by atoms with Gasteiger partial charge < -0.3 is 5.32 Å². The molecule has 3 heteroatoms. The van der Waals surface area contributed by atoms with Crippen molar-refractivity contribution in [1.82, 2.24) is 5.32 Å². The van der Waals surface area contributed by atoms with Gasteiger partial charge in [-0.15, -0.1) is 0 Å². The Labute approximate surface area is 97.5 Å². The van der Waals surface area contributed by atoms with E-state index in [-0.39, 0.29) is 5.91 Å². The molecule has 1 aromatic carbocycles. The Kier molecular flexibility index (Phi) is 2.91. The van der Waals surface area contributed by atoms with E-state index in [1.807, 2.05) is 18.2 Å². The molecule has 0 spiro atoms. The number of allylic oxidation sites excluding steroid dienone is 1. The number of amides is 1. The zero-order chi connectivity index (χ0) is 10.8. The molecule has 1 aliphatic rings. The molecular weight excluding hydrogens is 254 g/mol. The second-order valence-corrected chi connectivity index (χ2v) is 4.52. The molecule has 0 saturated heterocycles. The molecule has 1 aromatic rings. The lowest BCUT2D eigenvalue weighted by molar-refractivity contribution is -0.118. The van der Waals surface area contributed by atoms with E-state index in [9.17, 15) is 4.79 Å². The van der Waals surface area contributed by atoms with E-state index < -0.39 is 0 Å². The summed E-state index contributed by atoms with van der Waals surface area (Å²) in [6.45, 7) is 1.54. The fourth-order valence-corrected chi connectivity index (χ4v) is 2.32. The van der Waals surface area contributed by atoms with E-state index in [0.717, 1.165) is 23.0 Å². The summed E-state index contributed by atoms with van der Waals surface area (Å²) < 4.78 is 1.09. The third-order valence-corrected chi connectivity index (χ3v) is 3.15. The van der Waals surface area contributed by atoms with Crippen molar-refractivity contribution in [2.75, 3.05) is 0 Å². The zero-order valence-electron chi connectivity index (χ0n) is 8.51. The predicted octanol–water partition coefficient (Wildman–Crippen LogP) is 2.87. The maximum absolute atomic E-state index is 10.9. The molecule has 0 atom stereocenters. The maximum atomic E-state index is 10.9. The first-order valence-corrected chi connectivity index (χ1v) is 5.71. The number of hydrogen-bond acceptors (Lipinski definition) is 1. The average molecular weight is 266 g/mol. The summed E-state index contributed by atoms with van der Waals surface area (Å²) in [4.78, 5) is 10.9. The SMILES string of the molecule is CC(=O)NC1=Cc2c(Br)cccc2CC1. The lowest BCUT2D eigenvalue weighted by Gasteiger charge is -2.17. The molecule has 2 nitrogen and oxygen atoms in total. The van der Waals surface area contributed by atoms with Crippen LogP contribution in [0, 0.1) is 0 Å². The molecule has 0 unspecified atom stereocenters. The van der Waals surface area contributed by atoms with E-state index >= 15 is 0 Å². The van der Waals surface area contributed by atoms with E-state index in [2.05, 4.69) is 27.3 Å². The summed E-state index contributed by atoms with van der Waals surface area (Å²) in [5.41, 5.74) is 3.52. The maximum Gasteiger partial charge on any atom is 0.220 e. The van der Waals surface area contributed by atoms with Crippen molar-refractivity contribution in [3.8, 4) is 0 Å². The summed E-state index contributed by atoms with van der Waals surface area (Å²) in [6.07, 6.45) is 3.94. The highest BCUT2D eigenvalue weighted by Crippen LogP contribution is 2.28. The summed E-state index contributed by atoms with van der Waals surface area (Å²) >= 11 is 3.52. The zero-order valence-corrected chi connectivity index (χ0v) is 10.1. The second kappa shape index (κ2) is 4.19. The molecule has 0 heterocycles. The van der Waals surface area contributed by atoms with Crippen molar-refractivity contribution in [2.45, 2.75) is 19.8 Å². The molecule has 0 aliphatic heterocycles. The van der Waals surface area contributed by atoms with Crippen LogP contribution < -0.4 is 5.32 Å². The smallest absolute Gasteiger partial charge is 0.220 e. The number of rotatable bonds is 1. The van der Waals surface area contributed by atoms with Crippen LogP contribution in [0.4, 0.5) is 0 Å². The number of aryl methyl sites for hydroxylation is 1. The highest BCUT2D eigenvalue weighted by atomic mass is 79.9. The molecule has 0 bridgehead atoms. The minimum Gasteiger partial charge on any atom is -0.330 e. The van der Waals surface area contributed by atoms with E-state index in [0.29, 0.717) is 0 Å². The molecule has 78 valence electrons. The van der Waals surface area contributed by atoms with Crippen LogP contribution in [0.3, 0.4) is 0 Å². The van der Waals surface area contributed by atoms with Gasteiger partial charge in [0.2, 0.25) is 5.91 Å². The topological polar surface area (TPSA) is 29.1 Å². The molecule has 0 fully saturated rings. The van der Waals surface area contributed by atoms with Gasteiger partial charge >= 0.3 is 0 Å². The van der Waals surface area contributed by atoms with Gasteiger partial charge in [0.1, 0.15) is 0 Å². The summed E-state index contributed by atoms with van der Waals surface area (Å²) in [5.74, 6) is -0.00301. The second-order valence-electron chi connectivity index (χ2n) is 3.66. The quantitative estimate of drug-likeness (QED) is 0.832. The Bertz CT molecular complexity index is 437. The number of hydrogen-bond donors (Lipinski definition) is 1. The van der Waals surface area contributed by atoms with Gasteiger partial charge in [-0.05, 0) is 36.1 Å². The molecule has 2 rings (SSSR count). The van der Waals surface area contributed by atoms with Crippen LogP contribution in [-0.2, 0) is 11.2 Å². The minimum absolute atomic E-state index is 0.00301. The summed E-state index contributed by atoms with van der Waals surface area (Å²) in [5, 5.41) is 2.85. The van der Waals surface area contributed by atoms with Crippen molar-refractivity contribution in [3.05, 3.63) is 39.5 Å². The molecule has 0 saturated carbocycles. The van der Waals surface area contributed by atoms with Gasteiger partial charge in [0.15, 0.2) is 0 Å². The Morgan fingerprint density at radius 1 is 1.40 bits per heavy atom. The first-order chi connectivity index (χ1) is 7.16. The van der Waals surface area contributed by atoms with Crippen LogP contribution in [-0.4, -0.2) is 5.91 Å². The van der Waals surface area contributed by atoms with Gasteiger partial charge in [0.25, 0.3) is 0 Å². The number of halogens is 1. The third-order valence-electron chi connectivity index (χ3n) is 2.46. The monoisotopic (exact) mass is 265 g/mol. The predicted molar refractivity (Wildman–Crippen MR) is 64.3 cm³/mol. The van der Waals surface area contributed by atoms with Gasteiger partial charge in [0.05, 0.1) is 0 Å². The highest BCUT2D eigenvalue weighted by Gasteiger charge is 2.12. The van der Waals surface area contributed by atoms with E-state index in [1.165, 1.54) is 18.1 Å². The number of benzene rings is 1. The largest absolute Gasteiger partial charge is 0.330 e. The molecule has 15 heavy (non-hydrogen) atoms. The van der Waals surface area contributed by atoms with Crippen molar-refractivity contribution in [2.24, 2.45) is 0 Å². The fourth-order valence-electron chi connectivity index (χ4n) is 1.80. The Morgan fingerprint density at radius 2 is 2.20 bits per heavy atom. The van der Waals surface area contributed by atoms with Gasteiger partial charge in [-0.2, -0.15) is 0 Å². The van der Waals surface area contributed by atoms with Crippen molar-refractivity contribution in [3.63, 3.8) is 0 Å². The van der Waals surface area contributed by atoms with Crippen molar-refractivity contribution < 1.29 is 4.79 Å². The van der Waals surface area contributed by atoms with Crippen LogP contribution >= 0.6 is 15.9 Å². The number of carbonyl (C=O) groups excluding carboxylic acids is 1. The number of nitrogens with one attached hydrogen (secondary N) is 1. The van der Waals surface area contributed by atoms with Gasteiger partial charge in [-0.25, -0.2) is 0 Å². The molecule has 1 aliphatic carbocycles. The Morgan fingerprint density at radius 3 is 2.93 bits per heavy atom. The molecule has 1 amide bonds. The van der Waals surface area contributed by atoms with Gasteiger partial charge in [0, 0.05) is 17.1 Å². The molecule has 1 N–H and O–H groups in total. The van der Waals surface area contributed by atoms with Crippen LogP contribution in [0.25, 0.3) is 6.08 Å². The first kappa shape index (κ1) is 10.4. The standard InChI is InChI=1S/C12H12BrNO/c1-8(15)14-10-6-5-9-3-2-4-12(13)11(9)7-10/h2-4,7H,5-6H2,1H3,(H,14,15). The third kappa shape index (κ3) is 2.29. The highest BCUT2D eigenvalue weighted by molar-refractivity contribution is 9.10. The van der Waals surface area contributed by atoms with Crippen LogP contribution in [0.5, 0.6) is 0 Å². The number of fused-ring (bicyclic) bond motifs is 1. The lowest BCUT2D eigenvalue weighted by Crippen LogP contribution is -2.21. The van der Waals surface area contributed by atoms with Crippen molar-refractivity contribution >= 4 is 27.9 Å². The lowest BCUT2D eigenvalue weighted by atomic mass is 9.95. The normalized spacial score (nSPS) is 14.1. The number of carbonyl (C=O) groups is 1. The minimum atomic E-state index is -0.00301. The Balaban J connectivity index is 2.35. The van der Waals surface area contributed by atoms with E-state index in [4.69, 9.17) is 0 Å². The first-order valence-electron chi connectivity index (χ1n) is 4.92.